The zero-order valence-corrected chi connectivity index (χ0v) is 25.9. The molecule has 1 atom stereocenters. The molecule has 0 unspecified atom stereocenters. The normalized spacial score (nSPS) is 14.9. The molecule has 2 aromatic rings. The Hall–Kier alpha value is -3.23. The van der Waals surface area contributed by atoms with Gasteiger partial charge < -0.3 is 20.1 Å². The van der Waals surface area contributed by atoms with E-state index >= 15 is 0 Å². The van der Waals surface area contributed by atoms with Gasteiger partial charge in [-0.3, -0.25) is 4.79 Å². The van der Waals surface area contributed by atoms with Crippen LogP contribution in [0.2, 0.25) is 0 Å². The fourth-order valence-electron chi connectivity index (χ4n) is 4.39. The zero-order chi connectivity index (χ0) is 30.6. The lowest BCUT2D eigenvalue weighted by atomic mass is 9.90. The van der Waals surface area contributed by atoms with E-state index in [1.165, 1.54) is 17.8 Å². The molecule has 42 heavy (non-hydrogen) atoms. The molecule has 0 radical (unpaired) electrons. The molecule has 4 N–H and O–H groups in total. The van der Waals surface area contributed by atoms with E-state index in [1.54, 1.807) is 25.5 Å². The van der Waals surface area contributed by atoms with Crippen LogP contribution in [0.5, 0.6) is 0 Å². The standard InChI is InChI=1S/C28H41N5O7S2/c1-28(2,3)40-27(36)33-42(37,38)29-17-11-10-16-22(31-26(35)39-18-20-12-6-4-7-13-20)24(34)32-25-30-23(19-41-25)21-14-8-5-9-15-21/h5,8-9,14-15,19-20,22,29H,4,6-7,10-13,16-18H2,1-3H3,(H,31,35)(H,33,36)(H,30,32,34)/t22-/m0/s1. The summed E-state index contributed by atoms with van der Waals surface area (Å²) >= 11 is 1.27. The number of carbonyl (C=O) groups is 3. The molecule has 1 saturated carbocycles. The highest BCUT2D eigenvalue weighted by atomic mass is 32.2. The molecule has 3 amide bonds. The number of ether oxygens (including phenoxy) is 2. The predicted molar refractivity (Wildman–Crippen MR) is 161 cm³/mol. The first-order chi connectivity index (χ1) is 19.9. The first kappa shape index (κ1) is 33.3. The van der Waals surface area contributed by atoms with Gasteiger partial charge in [0, 0.05) is 17.5 Å². The number of amides is 3. The van der Waals surface area contributed by atoms with Crippen molar-refractivity contribution in [1.82, 2.24) is 19.7 Å². The average Bonchev–Trinajstić information content (AvgIpc) is 3.39. The van der Waals surface area contributed by atoms with Crippen LogP contribution in [-0.4, -0.2) is 56.3 Å². The van der Waals surface area contributed by atoms with Gasteiger partial charge in [-0.1, -0.05) is 49.6 Å². The Bertz CT molecular complexity index is 1270. The van der Waals surface area contributed by atoms with Gasteiger partial charge in [0.1, 0.15) is 11.6 Å². The van der Waals surface area contributed by atoms with Crippen LogP contribution in [0.15, 0.2) is 35.7 Å². The maximum Gasteiger partial charge on any atom is 0.422 e. The highest BCUT2D eigenvalue weighted by Crippen LogP contribution is 2.25. The average molecular weight is 624 g/mol. The van der Waals surface area contributed by atoms with E-state index in [0.717, 1.165) is 36.9 Å². The van der Waals surface area contributed by atoms with Gasteiger partial charge in [0.2, 0.25) is 5.91 Å². The molecule has 0 aliphatic heterocycles. The van der Waals surface area contributed by atoms with E-state index in [9.17, 15) is 22.8 Å². The van der Waals surface area contributed by atoms with Crippen LogP contribution >= 0.6 is 11.3 Å². The summed E-state index contributed by atoms with van der Waals surface area (Å²) in [6.07, 6.45) is 4.67. The molecule has 1 heterocycles. The monoisotopic (exact) mass is 623 g/mol. The molecule has 1 aromatic carbocycles. The number of nitrogens with one attached hydrogen (secondary N) is 4. The molecule has 0 bridgehead atoms. The van der Waals surface area contributed by atoms with Gasteiger partial charge in [0.15, 0.2) is 5.13 Å². The van der Waals surface area contributed by atoms with Crippen molar-refractivity contribution >= 4 is 44.8 Å². The van der Waals surface area contributed by atoms with Gasteiger partial charge in [-0.15, -0.1) is 11.3 Å². The maximum atomic E-state index is 13.2. The van der Waals surface area contributed by atoms with Crippen LogP contribution in [0.3, 0.4) is 0 Å². The number of unbranched alkanes of at least 4 members (excludes halogenated alkanes) is 1. The first-order valence-corrected chi connectivity index (χ1v) is 16.5. The molecule has 14 heteroatoms. The molecule has 3 rings (SSSR count). The van der Waals surface area contributed by atoms with Crippen LogP contribution in [0.4, 0.5) is 14.7 Å². The van der Waals surface area contributed by atoms with E-state index < -0.39 is 39.9 Å². The van der Waals surface area contributed by atoms with Crippen molar-refractivity contribution in [3.05, 3.63) is 35.7 Å². The second-order valence-electron chi connectivity index (χ2n) is 11.2. The zero-order valence-electron chi connectivity index (χ0n) is 24.3. The first-order valence-electron chi connectivity index (χ1n) is 14.2. The number of rotatable bonds is 13. The van der Waals surface area contributed by atoms with Gasteiger partial charge in [-0.25, -0.2) is 19.3 Å². The van der Waals surface area contributed by atoms with E-state index in [2.05, 4.69) is 20.3 Å². The maximum absolute atomic E-state index is 13.2. The van der Waals surface area contributed by atoms with Gasteiger partial charge in [-0.2, -0.15) is 13.1 Å². The number of alkyl carbamates (subject to hydrolysis) is 1. The van der Waals surface area contributed by atoms with E-state index in [4.69, 9.17) is 9.47 Å². The van der Waals surface area contributed by atoms with Gasteiger partial charge >= 0.3 is 22.4 Å². The SMILES string of the molecule is CC(C)(C)OC(=O)NS(=O)(=O)NCCCC[C@H](NC(=O)OCC1CCCCC1)C(=O)Nc1nc(-c2ccccc2)cs1. The van der Waals surface area contributed by atoms with Crippen molar-refractivity contribution in [2.75, 3.05) is 18.5 Å². The van der Waals surface area contributed by atoms with Crippen molar-refractivity contribution in [2.24, 2.45) is 5.92 Å². The molecule has 1 aromatic heterocycles. The lowest BCUT2D eigenvalue weighted by Gasteiger charge is -2.22. The molecule has 0 saturated heterocycles. The number of anilines is 1. The van der Waals surface area contributed by atoms with Crippen LogP contribution < -0.4 is 20.1 Å². The third-order valence-corrected chi connectivity index (χ3v) is 8.19. The second-order valence-corrected chi connectivity index (χ2v) is 13.5. The lowest BCUT2D eigenvalue weighted by molar-refractivity contribution is -0.118. The van der Waals surface area contributed by atoms with Crippen LogP contribution in [0.25, 0.3) is 11.3 Å². The summed E-state index contributed by atoms with van der Waals surface area (Å²) < 4.78 is 38.7. The summed E-state index contributed by atoms with van der Waals surface area (Å²) in [4.78, 5) is 42.0. The molecular weight excluding hydrogens is 582 g/mol. The van der Waals surface area contributed by atoms with Gasteiger partial charge in [-0.05, 0) is 58.8 Å². The number of hydrogen-bond donors (Lipinski definition) is 4. The van der Waals surface area contributed by atoms with E-state index in [0.29, 0.717) is 30.5 Å². The van der Waals surface area contributed by atoms with Gasteiger partial charge in [0.25, 0.3) is 0 Å². The number of hydrogen-bond acceptors (Lipinski definition) is 9. The molecule has 1 fully saturated rings. The van der Waals surface area contributed by atoms with Crippen molar-refractivity contribution in [3.8, 4) is 11.3 Å². The molecule has 12 nitrogen and oxygen atoms in total. The molecule has 1 aliphatic carbocycles. The topological polar surface area (TPSA) is 165 Å². The lowest BCUT2D eigenvalue weighted by Crippen LogP contribution is -2.44. The third-order valence-electron chi connectivity index (χ3n) is 6.42. The minimum Gasteiger partial charge on any atom is -0.449 e. The Morgan fingerprint density at radius 1 is 1.05 bits per heavy atom. The minimum atomic E-state index is -4.12. The highest BCUT2D eigenvalue weighted by molar-refractivity contribution is 7.88. The number of aromatic nitrogens is 1. The van der Waals surface area contributed by atoms with Gasteiger partial charge in [0.05, 0.1) is 12.3 Å². The molecule has 232 valence electrons. The summed E-state index contributed by atoms with van der Waals surface area (Å²) in [6.45, 7) is 5.17. The fraction of sp³-hybridized carbons (Fsp3) is 0.571. The Morgan fingerprint density at radius 2 is 1.76 bits per heavy atom. The molecule has 1 aliphatic rings. The summed E-state index contributed by atoms with van der Waals surface area (Å²) in [7, 11) is -4.12. The quantitative estimate of drug-likeness (QED) is 0.228. The van der Waals surface area contributed by atoms with Crippen molar-refractivity contribution in [2.45, 2.75) is 83.8 Å². The summed E-state index contributed by atoms with van der Waals surface area (Å²) in [6, 6.07) is 8.63. The van der Waals surface area contributed by atoms with Crippen LogP contribution in [0.1, 0.15) is 72.1 Å². The largest absolute Gasteiger partial charge is 0.449 e. The van der Waals surface area contributed by atoms with Crippen molar-refractivity contribution in [1.29, 1.82) is 0 Å². The molecular formula is C28H41N5O7S2. The Balaban J connectivity index is 1.53. The number of thiazole rings is 1. The Kier molecular flexibility index (Phi) is 12.6. The predicted octanol–water partition coefficient (Wildman–Crippen LogP) is 4.95. The van der Waals surface area contributed by atoms with Crippen molar-refractivity contribution < 1.29 is 32.3 Å². The third kappa shape index (κ3) is 12.3. The Labute approximate surface area is 251 Å². The second kappa shape index (κ2) is 15.8. The summed E-state index contributed by atoms with van der Waals surface area (Å²) in [5.74, 6) is -0.128. The van der Waals surface area contributed by atoms with Crippen LogP contribution in [0, 0.1) is 5.92 Å². The summed E-state index contributed by atoms with van der Waals surface area (Å²) in [5, 5.41) is 7.66. The molecule has 0 spiro atoms. The highest BCUT2D eigenvalue weighted by Gasteiger charge is 2.24. The fourth-order valence-corrected chi connectivity index (χ4v) is 5.86. The number of nitrogens with zero attached hydrogens (tertiary/aromatic N) is 1. The van der Waals surface area contributed by atoms with E-state index in [1.807, 2.05) is 35.7 Å². The van der Waals surface area contributed by atoms with Crippen molar-refractivity contribution in [3.63, 3.8) is 0 Å². The number of carbonyl (C=O) groups excluding carboxylic acids is 3. The van der Waals surface area contributed by atoms with Crippen LogP contribution in [-0.2, 0) is 24.5 Å². The minimum absolute atomic E-state index is 0.00547. The number of benzene rings is 1. The smallest absolute Gasteiger partial charge is 0.422 e. The Morgan fingerprint density at radius 3 is 2.45 bits per heavy atom. The summed E-state index contributed by atoms with van der Waals surface area (Å²) in [5.41, 5.74) is 0.792. The van der Waals surface area contributed by atoms with E-state index in [-0.39, 0.29) is 13.0 Å².